The smallest absolute Gasteiger partial charge is 0.0406 e. The van der Waals surface area contributed by atoms with Crippen molar-refractivity contribution >= 4 is 22.4 Å². The van der Waals surface area contributed by atoms with Gasteiger partial charge in [0.05, 0.1) is 0 Å². The Morgan fingerprint density at radius 2 is 1.52 bits per heavy atom. The summed E-state index contributed by atoms with van der Waals surface area (Å²) < 4.78 is 0. The van der Waals surface area contributed by atoms with E-state index in [2.05, 4.69) is 66.5 Å². The molecule has 0 fully saturated rings. The van der Waals surface area contributed by atoms with Crippen molar-refractivity contribution in [3.05, 3.63) is 82.9 Å². The van der Waals surface area contributed by atoms with Crippen molar-refractivity contribution in [3.8, 4) is 0 Å². The fourth-order valence-electron chi connectivity index (χ4n) is 2.68. The molecule has 2 heteroatoms. The van der Waals surface area contributed by atoms with E-state index in [0.29, 0.717) is 0 Å². The van der Waals surface area contributed by atoms with E-state index in [1.165, 1.54) is 21.9 Å². The minimum atomic E-state index is 0.787. The van der Waals surface area contributed by atoms with E-state index < -0.39 is 0 Å². The van der Waals surface area contributed by atoms with Crippen LogP contribution in [0.5, 0.6) is 0 Å². The Bertz CT molecular complexity index is 729. The van der Waals surface area contributed by atoms with Gasteiger partial charge in [0.2, 0.25) is 0 Å². The molecule has 0 atom stereocenters. The molecule has 0 N–H and O–H groups in total. The van der Waals surface area contributed by atoms with Crippen LogP contribution >= 0.6 is 11.6 Å². The van der Waals surface area contributed by atoms with E-state index in [-0.39, 0.29) is 0 Å². The lowest BCUT2D eigenvalue weighted by Gasteiger charge is -2.18. The first kappa shape index (κ1) is 14.1. The summed E-state index contributed by atoms with van der Waals surface area (Å²) in [5.41, 5.74) is 2.65. The highest BCUT2D eigenvalue weighted by atomic mass is 35.5. The van der Waals surface area contributed by atoms with Crippen LogP contribution in [0.3, 0.4) is 0 Å². The molecule has 0 aliphatic rings. The molecule has 1 nitrogen and oxygen atoms in total. The van der Waals surface area contributed by atoms with Gasteiger partial charge in [-0.3, -0.25) is 4.90 Å². The van der Waals surface area contributed by atoms with Gasteiger partial charge in [-0.15, -0.1) is 0 Å². The average molecular weight is 296 g/mol. The maximum Gasteiger partial charge on any atom is 0.0406 e. The van der Waals surface area contributed by atoms with Gasteiger partial charge in [0, 0.05) is 18.1 Å². The Labute approximate surface area is 130 Å². The highest BCUT2D eigenvalue weighted by Crippen LogP contribution is 2.20. The summed E-state index contributed by atoms with van der Waals surface area (Å²) in [5.74, 6) is 0. The predicted octanol–water partition coefficient (Wildman–Crippen LogP) is 5.13. The maximum absolute atomic E-state index is 5.93. The number of nitrogens with zero attached hydrogens (tertiary/aromatic N) is 1. The lowest BCUT2D eigenvalue weighted by atomic mass is 10.0. The lowest BCUT2D eigenvalue weighted by Crippen LogP contribution is -2.17. The number of benzene rings is 3. The summed E-state index contributed by atoms with van der Waals surface area (Å²) in [6, 6.07) is 23.1. The van der Waals surface area contributed by atoms with Crippen LogP contribution in [0.2, 0.25) is 5.02 Å². The predicted molar refractivity (Wildman–Crippen MR) is 90.6 cm³/mol. The third kappa shape index (κ3) is 3.44. The fourth-order valence-corrected chi connectivity index (χ4v) is 2.80. The van der Waals surface area contributed by atoms with Crippen LogP contribution in [0, 0.1) is 0 Å². The molecule has 0 aliphatic carbocycles. The topological polar surface area (TPSA) is 3.24 Å². The first-order valence-electron chi connectivity index (χ1n) is 7.12. The Morgan fingerprint density at radius 3 is 2.33 bits per heavy atom. The summed E-state index contributed by atoms with van der Waals surface area (Å²) >= 11 is 5.93. The Balaban J connectivity index is 1.77. The molecule has 3 aromatic carbocycles. The molecular weight excluding hydrogens is 278 g/mol. The lowest BCUT2D eigenvalue weighted by molar-refractivity contribution is 0.320. The van der Waals surface area contributed by atoms with Crippen molar-refractivity contribution in [2.75, 3.05) is 7.05 Å². The second-order valence-corrected chi connectivity index (χ2v) is 5.87. The number of halogens is 1. The van der Waals surface area contributed by atoms with Gasteiger partial charge in [0.25, 0.3) is 0 Å². The average Bonchev–Trinajstić information content (AvgIpc) is 2.50. The number of hydrogen-bond donors (Lipinski definition) is 0. The largest absolute Gasteiger partial charge is 0.298 e. The number of hydrogen-bond acceptors (Lipinski definition) is 1. The molecule has 21 heavy (non-hydrogen) atoms. The van der Waals surface area contributed by atoms with E-state index in [0.717, 1.165) is 18.1 Å². The van der Waals surface area contributed by atoms with Crippen LogP contribution in [0.25, 0.3) is 10.8 Å². The summed E-state index contributed by atoms with van der Waals surface area (Å²) in [6.07, 6.45) is 0. The number of fused-ring (bicyclic) bond motifs is 1. The Hall–Kier alpha value is -1.83. The van der Waals surface area contributed by atoms with Gasteiger partial charge < -0.3 is 0 Å². The monoisotopic (exact) mass is 295 g/mol. The van der Waals surface area contributed by atoms with Crippen molar-refractivity contribution in [1.82, 2.24) is 4.90 Å². The highest BCUT2D eigenvalue weighted by molar-refractivity contribution is 6.30. The number of rotatable bonds is 4. The van der Waals surface area contributed by atoms with E-state index in [1.807, 2.05) is 12.1 Å². The second-order valence-electron chi connectivity index (χ2n) is 5.44. The van der Waals surface area contributed by atoms with Crippen LogP contribution in [0.1, 0.15) is 11.1 Å². The Kier molecular flexibility index (Phi) is 4.23. The van der Waals surface area contributed by atoms with Gasteiger partial charge in [-0.1, -0.05) is 66.2 Å². The van der Waals surface area contributed by atoms with Crippen LogP contribution < -0.4 is 0 Å². The molecular formula is C19H18ClN. The summed E-state index contributed by atoms with van der Waals surface area (Å²) in [6.45, 7) is 1.85. The second kappa shape index (κ2) is 6.30. The minimum absolute atomic E-state index is 0.787. The van der Waals surface area contributed by atoms with E-state index in [9.17, 15) is 0 Å². The molecule has 0 spiro atoms. The molecule has 0 radical (unpaired) electrons. The van der Waals surface area contributed by atoms with Gasteiger partial charge in [0.1, 0.15) is 0 Å². The molecule has 0 amide bonds. The third-order valence-electron chi connectivity index (χ3n) is 3.69. The normalized spacial score (nSPS) is 11.2. The van der Waals surface area contributed by atoms with Gasteiger partial charge in [0.15, 0.2) is 0 Å². The third-order valence-corrected chi connectivity index (χ3v) is 3.94. The molecule has 0 aliphatic heterocycles. The molecule has 0 unspecified atom stereocenters. The van der Waals surface area contributed by atoms with Crippen LogP contribution in [-0.2, 0) is 13.1 Å². The van der Waals surface area contributed by atoms with E-state index >= 15 is 0 Å². The van der Waals surface area contributed by atoms with Gasteiger partial charge in [-0.05, 0) is 41.1 Å². The molecule has 0 aromatic heterocycles. The molecule has 0 heterocycles. The standard InChI is InChI=1S/C19H18ClN/c1-21(13-15-9-11-18(20)12-10-15)14-17-7-4-6-16-5-2-3-8-19(16)17/h2-12H,13-14H2,1H3. The fraction of sp³-hybridized carbons (Fsp3) is 0.158. The van der Waals surface area contributed by atoms with Crippen LogP contribution in [-0.4, -0.2) is 11.9 Å². The highest BCUT2D eigenvalue weighted by Gasteiger charge is 2.05. The summed E-state index contributed by atoms with van der Waals surface area (Å²) in [4.78, 5) is 2.32. The van der Waals surface area contributed by atoms with Crippen molar-refractivity contribution in [2.24, 2.45) is 0 Å². The van der Waals surface area contributed by atoms with Crippen molar-refractivity contribution in [1.29, 1.82) is 0 Å². The molecule has 0 saturated heterocycles. The summed E-state index contributed by atoms with van der Waals surface area (Å²) in [7, 11) is 2.15. The quantitative estimate of drug-likeness (QED) is 0.645. The first-order chi connectivity index (χ1) is 10.2. The van der Waals surface area contributed by atoms with Crippen molar-refractivity contribution in [2.45, 2.75) is 13.1 Å². The van der Waals surface area contributed by atoms with Crippen LogP contribution in [0.15, 0.2) is 66.7 Å². The van der Waals surface area contributed by atoms with Crippen LogP contribution in [0.4, 0.5) is 0 Å². The zero-order valence-corrected chi connectivity index (χ0v) is 12.8. The summed E-state index contributed by atoms with van der Waals surface area (Å²) in [5, 5.41) is 3.42. The Morgan fingerprint density at radius 1 is 0.810 bits per heavy atom. The molecule has 0 bridgehead atoms. The molecule has 106 valence electrons. The maximum atomic E-state index is 5.93. The van der Waals surface area contributed by atoms with Crippen molar-refractivity contribution < 1.29 is 0 Å². The van der Waals surface area contributed by atoms with Gasteiger partial charge in [-0.2, -0.15) is 0 Å². The van der Waals surface area contributed by atoms with Gasteiger partial charge in [-0.25, -0.2) is 0 Å². The SMILES string of the molecule is CN(Cc1ccc(Cl)cc1)Cc1cccc2ccccc12. The molecule has 0 saturated carbocycles. The van der Waals surface area contributed by atoms with Crippen molar-refractivity contribution in [3.63, 3.8) is 0 Å². The van der Waals surface area contributed by atoms with E-state index in [1.54, 1.807) is 0 Å². The van der Waals surface area contributed by atoms with Gasteiger partial charge >= 0.3 is 0 Å². The molecule has 3 rings (SSSR count). The zero-order chi connectivity index (χ0) is 14.7. The molecule has 3 aromatic rings. The first-order valence-corrected chi connectivity index (χ1v) is 7.50. The zero-order valence-electron chi connectivity index (χ0n) is 12.1. The van der Waals surface area contributed by atoms with E-state index in [4.69, 9.17) is 11.6 Å². The minimum Gasteiger partial charge on any atom is -0.298 e.